The van der Waals surface area contributed by atoms with Crippen LogP contribution in [0, 0.1) is 0 Å². The van der Waals surface area contributed by atoms with E-state index in [1.54, 1.807) is 0 Å². The first-order chi connectivity index (χ1) is 6.55. The molecule has 80 valence electrons. The monoisotopic (exact) mass is 193 g/mol. The lowest BCUT2D eigenvalue weighted by atomic mass is 9.93. The van der Waals surface area contributed by atoms with Crippen LogP contribution in [0.4, 0.5) is 0 Å². The number of hydrogen-bond donors (Lipinski definition) is 0. The molecule has 14 heavy (non-hydrogen) atoms. The van der Waals surface area contributed by atoms with E-state index in [1.807, 2.05) is 13.8 Å². The molecule has 0 unspecified atom stereocenters. The van der Waals surface area contributed by atoms with Crippen LogP contribution in [0.25, 0.3) is 0 Å². The Bertz CT molecular complexity index is 237. The van der Waals surface area contributed by atoms with Crippen LogP contribution < -0.4 is 0 Å². The van der Waals surface area contributed by atoms with Crippen molar-refractivity contribution < 1.29 is 0 Å². The summed E-state index contributed by atoms with van der Waals surface area (Å²) in [5.41, 5.74) is 1.48. The van der Waals surface area contributed by atoms with Crippen molar-refractivity contribution in [2.75, 3.05) is 14.1 Å². The van der Waals surface area contributed by atoms with Crippen LogP contribution in [0.3, 0.4) is 0 Å². The van der Waals surface area contributed by atoms with Crippen molar-refractivity contribution in [2.45, 2.75) is 33.2 Å². The molecule has 0 atom stereocenters. The van der Waals surface area contributed by atoms with Crippen LogP contribution in [0.2, 0.25) is 0 Å². The van der Waals surface area contributed by atoms with E-state index in [-0.39, 0.29) is 5.54 Å². The van der Waals surface area contributed by atoms with Crippen molar-refractivity contribution in [3.63, 3.8) is 0 Å². The summed E-state index contributed by atoms with van der Waals surface area (Å²) in [4.78, 5) is 2.22. The second-order valence-electron chi connectivity index (χ2n) is 3.82. The maximum atomic E-state index is 2.22. The summed E-state index contributed by atoms with van der Waals surface area (Å²) in [6.07, 6.45) is 0. The highest BCUT2D eigenvalue weighted by Crippen LogP contribution is 2.24. The van der Waals surface area contributed by atoms with Gasteiger partial charge in [-0.05, 0) is 33.5 Å². The quantitative estimate of drug-likeness (QED) is 0.694. The van der Waals surface area contributed by atoms with E-state index in [4.69, 9.17) is 0 Å². The fourth-order valence-corrected chi connectivity index (χ4v) is 1.10. The van der Waals surface area contributed by atoms with Gasteiger partial charge in [-0.3, -0.25) is 0 Å². The third-order valence-electron chi connectivity index (χ3n) is 2.60. The zero-order valence-electron chi connectivity index (χ0n) is 10.3. The Morgan fingerprint density at radius 1 is 0.929 bits per heavy atom. The average molecular weight is 193 g/mol. The first kappa shape index (κ1) is 13.2. The predicted octanol–water partition coefficient (Wildman–Crippen LogP) is 3.51. The molecule has 0 amide bonds. The Balaban J connectivity index is 0.000000791. The summed E-state index contributed by atoms with van der Waals surface area (Å²) in [7, 11) is 4.21. The van der Waals surface area contributed by atoms with Crippen molar-refractivity contribution in [3.05, 3.63) is 35.9 Å². The molecule has 0 aliphatic rings. The summed E-state index contributed by atoms with van der Waals surface area (Å²) in [5, 5.41) is 0. The first-order valence-corrected chi connectivity index (χ1v) is 5.28. The third kappa shape index (κ3) is 3.15. The van der Waals surface area contributed by atoms with E-state index in [2.05, 4.69) is 63.2 Å². The maximum absolute atomic E-state index is 2.22. The fraction of sp³-hybridized carbons (Fsp3) is 0.538. The molecule has 1 aromatic carbocycles. The van der Waals surface area contributed by atoms with Crippen LogP contribution in [-0.2, 0) is 5.54 Å². The summed E-state index contributed by atoms with van der Waals surface area (Å²) in [5.74, 6) is 0. The molecule has 0 aliphatic carbocycles. The molecule has 0 saturated carbocycles. The second kappa shape index (κ2) is 5.82. The predicted molar refractivity (Wildman–Crippen MR) is 64.5 cm³/mol. The molecule has 0 heterocycles. The molecule has 1 nitrogen and oxygen atoms in total. The molecule has 0 fully saturated rings. The zero-order chi connectivity index (χ0) is 11.2. The van der Waals surface area contributed by atoms with Gasteiger partial charge in [-0.2, -0.15) is 0 Å². The van der Waals surface area contributed by atoms with Gasteiger partial charge in [0.15, 0.2) is 0 Å². The van der Waals surface area contributed by atoms with Gasteiger partial charge in [0.1, 0.15) is 0 Å². The maximum Gasteiger partial charge on any atom is 0.0398 e. The molecule has 0 saturated heterocycles. The fourth-order valence-electron chi connectivity index (χ4n) is 1.10. The lowest BCUT2D eigenvalue weighted by Crippen LogP contribution is -2.35. The van der Waals surface area contributed by atoms with E-state index in [0.29, 0.717) is 0 Å². The molecule has 0 aliphatic heterocycles. The lowest BCUT2D eigenvalue weighted by molar-refractivity contribution is 0.198. The number of rotatable bonds is 2. The minimum absolute atomic E-state index is 0.126. The van der Waals surface area contributed by atoms with E-state index >= 15 is 0 Å². The van der Waals surface area contributed by atoms with Gasteiger partial charge in [-0.25, -0.2) is 0 Å². The topological polar surface area (TPSA) is 3.24 Å². The first-order valence-electron chi connectivity index (χ1n) is 5.28. The molecule has 0 bridgehead atoms. The van der Waals surface area contributed by atoms with Crippen LogP contribution >= 0.6 is 0 Å². The van der Waals surface area contributed by atoms with Crippen molar-refractivity contribution in [3.8, 4) is 0 Å². The smallest absolute Gasteiger partial charge is 0.0398 e. The van der Waals surface area contributed by atoms with Gasteiger partial charge >= 0.3 is 0 Å². The van der Waals surface area contributed by atoms with Crippen molar-refractivity contribution in [1.82, 2.24) is 4.90 Å². The van der Waals surface area contributed by atoms with Gasteiger partial charge in [0.05, 0.1) is 0 Å². The highest BCUT2D eigenvalue weighted by atomic mass is 15.1. The zero-order valence-corrected chi connectivity index (χ0v) is 10.3. The van der Waals surface area contributed by atoms with E-state index in [0.717, 1.165) is 0 Å². The van der Waals surface area contributed by atoms with Crippen LogP contribution in [0.15, 0.2) is 30.3 Å². The van der Waals surface area contributed by atoms with Gasteiger partial charge in [0.25, 0.3) is 0 Å². The Kier molecular flexibility index (Phi) is 5.47. The largest absolute Gasteiger partial charge is 0.300 e. The molecule has 0 spiro atoms. The van der Waals surface area contributed by atoms with Crippen LogP contribution in [-0.4, -0.2) is 19.0 Å². The molecule has 0 N–H and O–H groups in total. The van der Waals surface area contributed by atoms with Crippen molar-refractivity contribution in [2.24, 2.45) is 0 Å². The van der Waals surface area contributed by atoms with Crippen molar-refractivity contribution >= 4 is 0 Å². The summed E-state index contributed by atoms with van der Waals surface area (Å²) in [6.45, 7) is 8.45. The average Bonchev–Trinajstić information content (AvgIpc) is 2.22. The summed E-state index contributed by atoms with van der Waals surface area (Å²) >= 11 is 0. The van der Waals surface area contributed by atoms with E-state index in [1.165, 1.54) is 5.56 Å². The number of nitrogens with zero attached hydrogens (tertiary/aromatic N) is 1. The standard InChI is InChI=1S/C11H17N.C2H6/c1-11(2,12(3)4)10-8-6-5-7-9-10;1-2/h5-9H,1-4H3;1-2H3. The Morgan fingerprint density at radius 3 is 1.71 bits per heavy atom. The summed E-state index contributed by atoms with van der Waals surface area (Å²) < 4.78 is 0. The van der Waals surface area contributed by atoms with Crippen LogP contribution in [0.5, 0.6) is 0 Å². The van der Waals surface area contributed by atoms with Gasteiger partial charge in [-0.1, -0.05) is 44.2 Å². The second-order valence-corrected chi connectivity index (χ2v) is 3.82. The Morgan fingerprint density at radius 2 is 1.36 bits per heavy atom. The van der Waals surface area contributed by atoms with Gasteiger partial charge < -0.3 is 4.90 Å². The molecule has 1 heteroatoms. The summed E-state index contributed by atoms with van der Waals surface area (Å²) in [6, 6.07) is 10.6. The normalized spacial score (nSPS) is 10.8. The molecule has 1 rings (SSSR count). The SMILES string of the molecule is CC.CN(C)C(C)(C)c1ccccc1. The third-order valence-corrected chi connectivity index (χ3v) is 2.60. The molecular weight excluding hydrogens is 170 g/mol. The molecule has 1 aromatic rings. The molecular formula is C13H23N. The molecule has 0 radical (unpaired) electrons. The van der Waals surface area contributed by atoms with Crippen LogP contribution in [0.1, 0.15) is 33.3 Å². The highest BCUT2D eigenvalue weighted by Gasteiger charge is 2.21. The van der Waals surface area contributed by atoms with E-state index < -0.39 is 0 Å². The van der Waals surface area contributed by atoms with Gasteiger partial charge in [0.2, 0.25) is 0 Å². The number of hydrogen-bond acceptors (Lipinski definition) is 1. The van der Waals surface area contributed by atoms with Gasteiger partial charge in [-0.15, -0.1) is 0 Å². The minimum Gasteiger partial charge on any atom is -0.300 e. The minimum atomic E-state index is 0.126. The Labute approximate surface area is 88.8 Å². The Hall–Kier alpha value is -0.820. The van der Waals surface area contributed by atoms with E-state index in [9.17, 15) is 0 Å². The highest BCUT2D eigenvalue weighted by molar-refractivity contribution is 5.22. The van der Waals surface area contributed by atoms with Crippen molar-refractivity contribution in [1.29, 1.82) is 0 Å². The van der Waals surface area contributed by atoms with Gasteiger partial charge in [0, 0.05) is 5.54 Å². The lowest BCUT2D eigenvalue weighted by Gasteiger charge is -2.33. The molecule has 0 aromatic heterocycles. The number of benzene rings is 1.